The lowest BCUT2D eigenvalue weighted by Gasteiger charge is -2.26. The van der Waals surface area contributed by atoms with Gasteiger partial charge in [0.25, 0.3) is 11.5 Å². The molecular formula is C18H18Cl2F2N2O11P2. The van der Waals surface area contributed by atoms with Gasteiger partial charge < -0.3 is 34.2 Å². The minimum Gasteiger partial charge on any atom is -0.506 e. The fourth-order valence-electron chi connectivity index (χ4n) is 3.13. The zero-order chi connectivity index (χ0) is 28.0. The molecule has 5 N–H and O–H groups in total. The first-order valence-corrected chi connectivity index (χ1v) is 13.8. The van der Waals surface area contributed by atoms with E-state index in [2.05, 4.69) is 4.52 Å². The summed E-state index contributed by atoms with van der Waals surface area (Å²) in [5.74, 6) is -5.76. The van der Waals surface area contributed by atoms with E-state index in [0.717, 1.165) is 24.4 Å². The minimum absolute atomic E-state index is 0.168. The molecule has 0 bridgehead atoms. The Balaban J connectivity index is 1.87. The fourth-order valence-corrected chi connectivity index (χ4v) is 5.41. The van der Waals surface area contributed by atoms with Gasteiger partial charge in [-0.2, -0.15) is 8.78 Å². The van der Waals surface area contributed by atoms with Crippen molar-refractivity contribution in [1.29, 1.82) is 0 Å². The average molecular weight is 609 g/mol. The number of alkyl halides is 4. The largest absolute Gasteiger partial charge is 0.506 e. The van der Waals surface area contributed by atoms with E-state index in [4.69, 9.17) is 37.7 Å². The molecule has 0 radical (unpaired) electrons. The number of halogens is 4. The Kier molecular flexibility index (Phi) is 8.17. The van der Waals surface area contributed by atoms with E-state index in [1.807, 2.05) is 0 Å². The topological polar surface area (TPSA) is 198 Å². The third-order valence-corrected chi connectivity index (χ3v) is 11.1. The third kappa shape index (κ3) is 5.70. The molecule has 1 unspecified atom stereocenters. The second kappa shape index (κ2) is 10.3. The number of aliphatic hydroxyl groups excluding tert-OH is 2. The molecule has 0 spiro atoms. The maximum Gasteiger partial charge on any atom is 0.376 e. The lowest BCUT2D eigenvalue weighted by Crippen LogP contribution is -2.44. The molecule has 0 amide bonds. The molecule has 2 heterocycles. The molecule has 0 aliphatic carbocycles. The van der Waals surface area contributed by atoms with Crippen molar-refractivity contribution in [3.8, 4) is 0 Å². The number of ether oxygens (including phenoxy) is 1. The van der Waals surface area contributed by atoms with Crippen LogP contribution in [0.3, 0.4) is 0 Å². The molecule has 2 aromatic rings. The summed E-state index contributed by atoms with van der Waals surface area (Å²) < 4.78 is 59.7. The van der Waals surface area contributed by atoms with Crippen LogP contribution in [0, 0.1) is 0 Å². The monoisotopic (exact) mass is 608 g/mol. The number of benzene rings is 1. The quantitative estimate of drug-likeness (QED) is 0.207. The van der Waals surface area contributed by atoms with Crippen molar-refractivity contribution in [2.24, 2.45) is 0 Å². The molecule has 0 fully saturated rings. The van der Waals surface area contributed by atoms with Crippen molar-refractivity contribution in [2.75, 3.05) is 6.61 Å². The lowest BCUT2D eigenvalue weighted by molar-refractivity contribution is -0.0393. The van der Waals surface area contributed by atoms with Crippen molar-refractivity contribution < 1.29 is 52.1 Å². The van der Waals surface area contributed by atoms with E-state index in [1.165, 1.54) is 18.2 Å². The van der Waals surface area contributed by atoms with Gasteiger partial charge >= 0.3 is 24.7 Å². The van der Waals surface area contributed by atoms with Crippen molar-refractivity contribution in [3.05, 3.63) is 80.5 Å². The van der Waals surface area contributed by atoms with Gasteiger partial charge in [0.05, 0.1) is 13.2 Å². The molecule has 1 aromatic heterocycles. The summed E-state index contributed by atoms with van der Waals surface area (Å²) in [4.78, 5) is 53.0. The molecule has 3 rings (SSSR count). The van der Waals surface area contributed by atoms with Crippen molar-refractivity contribution >= 4 is 38.4 Å². The van der Waals surface area contributed by atoms with E-state index in [0.29, 0.717) is 4.57 Å². The normalized spacial score (nSPS) is 20.7. The molecule has 1 aliphatic rings. The van der Waals surface area contributed by atoms with Gasteiger partial charge in [0, 0.05) is 17.8 Å². The van der Waals surface area contributed by atoms with Crippen LogP contribution in [0.1, 0.15) is 11.8 Å². The van der Waals surface area contributed by atoms with Crippen LogP contribution >= 0.6 is 38.4 Å². The maximum absolute atomic E-state index is 14.7. The summed E-state index contributed by atoms with van der Waals surface area (Å²) in [6.45, 7) is -2.54. The number of aliphatic hydroxyl groups is 2. The highest BCUT2D eigenvalue weighted by atomic mass is 35.5. The zero-order valence-electron chi connectivity index (χ0n) is 18.1. The SMILES string of the molecule is O=c1ccn([C@@H]2O[C@H](COP(=O)(O)C(Cl)(Cl)P(=O)(O)O)C(O)=C2O)c(=O)n1CC(F)(F)c1ccccc1. The van der Waals surface area contributed by atoms with E-state index in [-0.39, 0.29) is 4.57 Å². The Morgan fingerprint density at radius 2 is 1.62 bits per heavy atom. The highest BCUT2D eigenvalue weighted by Gasteiger charge is 2.60. The Morgan fingerprint density at radius 3 is 2.19 bits per heavy atom. The van der Waals surface area contributed by atoms with Gasteiger partial charge in [-0.05, 0) is 0 Å². The Hall–Kier alpha value is -2.06. The predicted octanol–water partition coefficient (Wildman–Crippen LogP) is 2.50. The first-order chi connectivity index (χ1) is 16.9. The van der Waals surface area contributed by atoms with Crippen molar-refractivity contribution in [2.45, 2.75) is 28.6 Å². The molecule has 1 aliphatic heterocycles. The van der Waals surface area contributed by atoms with Gasteiger partial charge in [0.1, 0.15) is 6.10 Å². The fraction of sp³-hybridized carbons (Fsp3) is 0.333. The van der Waals surface area contributed by atoms with E-state index in [9.17, 15) is 42.6 Å². The lowest BCUT2D eigenvalue weighted by atomic mass is 10.1. The molecule has 204 valence electrons. The van der Waals surface area contributed by atoms with Gasteiger partial charge in [-0.1, -0.05) is 53.5 Å². The zero-order valence-corrected chi connectivity index (χ0v) is 21.4. The van der Waals surface area contributed by atoms with Crippen LogP contribution in [0.5, 0.6) is 0 Å². The molecule has 37 heavy (non-hydrogen) atoms. The van der Waals surface area contributed by atoms with Crippen LogP contribution in [-0.4, -0.2) is 50.6 Å². The van der Waals surface area contributed by atoms with Gasteiger partial charge in [0.15, 0.2) is 17.7 Å². The maximum atomic E-state index is 14.7. The second-order valence-corrected chi connectivity index (χ2v) is 14.1. The predicted molar refractivity (Wildman–Crippen MR) is 124 cm³/mol. The molecule has 3 atom stereocenters. The van der Waals surface area contributed by atoms with Crippen LogP contribution in [0.2, 0.25) is 0 Å². The highest BCUT2D eigenvalue weighted by Crippen LogP contribution is 2.76. The smallest absolute Gasteiger partial charge is 0.376 e. The minimum atomic E-state index is -5.61. The Morgan fingerprint density at radius 1 is 1.03 bits per heavy atom. The van der Waals surface area contributed by atoms with Crippen molar-refractivity contribution in [1.82, 2.24) is 9.13 Å². The standard InChI is InChI=1S/C18H18Cl2F2N2O11P2/c19-18(20,36(29,30)31)37(32,33)34-8-11-13(26)14(27)15(35-11)23-7-6-12(25)24(16(23)28)9-17(21,22)10-4-2-1-3-5-10/h1-7,11,15,26-27H,8-9H2,(H,32,33)(H2,29,30,31)/t11-,15-/m1/s1. The number of nitrogens with zero attached hydrogens (tertiary/aromatic N) is 2. The molecule has 0 saturated carbocycles. The molecule has 13 nitrogen and oxygen atoms in total. The average Bonchev–Trinajstić information content (AvgIpc) is 3.09. The summed E-state index contributed by atoms with van der Waals surface area (Å²) in [5.41, 5.74) is -2.96. The first-order valence-electron chi connectivity index (χ1n) is 9.84. The first kappa shape index (κ1) is 29.5. The second-order valence-electron chi connectivity index (χ2n) is 7.62. The van der Waals surface area contributed by atoms with Crippen LogP contribution in [0.4, 0.5) is 8.78 Å². The number of hydrogen-bond acceptors (Lipinski definition) is 8. The summed E-state index contributed by atoms with van der Waals surface area (Å²) in [6.07, 6.45) is -2.94. The summed E-state index contributed by atoms with van der Waals surface area (Å²) in [6, 6.07) is 7.05. The molecule has 0 saturated heterocycles. The van der Waals surface area contributed by atoms with E-state index < -0.39 is 78.7 Å². The van der Waals surface area contributed by atoms with Crippen LogP contribution in [-0.2, 0) is 30.9 Å². The molecular weight excluding hydrogens is 591 g/mol. The summed E-state index contributed by atoms with van der Waals surface area (Å²) in [5, 5.41) is 20.4. The van der Waals surface area contributed by atoms with Crippen LogP contribution in [0.25, 0.3) is 0 Å². The summed E-state index contributed by atoms with van der Waals surface area (Å²) in [7, 11) is -11.1. The van der Waals surface area contributed by atoms with Crippen molar-refractivity contribution in [3.63, 3.8) is 0 Å². The van der Waals surface area contributed by atoms with Crippen LogP contribution < -0.4 is 11.2 Å². The molecule has 19 heteroatoms. The molecule has 1 aromatic carbocycles. The van der Waals surface area contributed by atoms with E-state index >= 15 is 0 Å². The third-order valence-electron chi connectivity index (χ3n) is 5.09. The summed E-state index contributed by atoms with van der Waals surface area (Å²) >= 11 is 10.6. The van der Waals surface area contributed by atoms with Gasteiger partial charge in [-0.3, -0.25) is 23.1 Å². The number of aromatic nitrogens is 2. The Labute approximate surface area is 215 Å². The van der Waals surface area contributed by atoms with Crippen LogP contribution in [0.15, 0.2) is 63.7 Å². The van der Waals surface area contributed by atoms with E-state index in [1.54, 1.807) is 0 Å². The van der Waals surface area contributed by atoms with Gasteiger partial charge in [-0.25, -0.2) is 4.79 Å². The highest BCUT2D eigenvalue weighted by molar-refractivity contribution is 7.78. The van der Waals surface area contributed by atoms with Gasteiger partial charge in [-0.15, -0.1) is 0 Å². The van der Waals surface area contributed by atoms with Gasteiger partial charge in [0.2, 0.25) is 0 Å². The Bertz CT molecular complexity index is 1420. The number of hydrogen-bond donors (Lipinski definition) is 5. The number of rotatable bonds is 9.